The summed E-state index contributed by atoms with van der Waals surface area (Å²) in [6.07, 6.45) is 7.36. The number of rotatable bonds is 5. The standard InChI is InChI=1S/C22H33N3O5/c1-30-15-6-2-4-13(10-15)20(27)23-11-14-5-3-7-16-17(14)12-25(22(16)29)18-8-9-19(26)24-21(18)28/h13-18H,2-12H2,1H3,(H,23,27)(H,24,26,28). The predicted octanol–water partition coefficient (Wildman–Crippen LogP) is 0.988. The maximum atomic E-state index is 13.0. The van der Waals surface area contributed by atoms with Crippen LogP contribution in [0.2, 0.25) is 0 Å². The summed E-state index contributed by atoms with van der Waals surface area (Å²) in [5.74, 6) is -0.128. The van der Waals surface area contributed by atoms with E-state index in [-0.39, 0.29) is 59.8 Å². The van der Waals surface area contributed by atoms with Gasteiger partial charge in [0.15, 0.2) is 0 Å². The van der Waals surface area contributed by atoms with Gasteiger partial charge in [-0.15, -0.1) is 0 Å². The summed E-state index contributed by atoms with van der Waals surface area (Å²) in [5, 5.41) is 5.52. The summed E-state index contributed by atoms with van der Waals surface area (Å²) in [7, 11) is 1.71. The Bertz CT molecular complexity index is 711. The van der Waals surface area contributed by atoms with Crippen LogP contribution in [0, 0.1) is 23.7 Å². The molecule has 30 heavy (non-hydrogen) atoms. The SMILES string of the molecule is COC1CCCC(C(=O)NCC2CCCC3C(=O)N(C4CCC(=O)NC4=O)CC23)C1. The molecule has 4 rings (SSSR count). The molecule has 4 fully saturated rings. The molecule has 166 valence electrons. The molecule has 2 aliphatic heterocycles. The number of carbonyl (C=O) groups excluding carboxylic acids is 4. The molecule has 2 N–H and O–H groups in total. The Hall–Kier alpha value is -1.96. The molecule has 0 radical (unpaired) electrons. The number of likely N-dealkylation sites (tertiary alicyclic amines) is 1. The topological polar surface area (TPSA) is 105 Å². The lowest BCUT2D eigenvalue weighted by molar-refractivity contribution is -0.144. The highest BCUT2D eigenvalue weighted by Gasteiger charge is 2.49. The maximum absolute atomic E-state index is 13.0. The molecule has 0 aromatic heterocycles. The molecule has 0 bridgehead atoms. The van der Waals surface area contributed by atoms with Crippen molar-refractivity contribution >= 4 is 23.6 Å². The van der Waals surface area contributed by atoms with E-state index in [9.17, 15) is 19.2 Å². The van der Waals surface area contributed by atoms with Crippen molar-refractivity contribution < 1.29 is 23.9 Å². The minimum atomic E-state index is -0.538. The zero-order chi connectivity index (χ0) is 21.3. The highest BCUT2D eigenvalue weighted by molar-refractivity contribution is 6.02. The van der Waals surface area contributed by atoms with Gasteiger partial charge in [-0.2, -0.15) is 0 Å². The first-order valence-electron chi connectivity index (χ1n) is 11.4. The van der Waals surface area contributed by atoms with E-state index in [1.165, 1.54) is 0 Å². The van der Waals surface area contributed by atoms with Crippen molar-refractivity contribution in [1.82, 2.24) is 15.5 Å². The van der Waals surface area contributed by atoms with Crippen LogP contribution in [0.1, 0.15) is 57.8 Å². The molecule has 4 aliphatic rings. The monoisotopic (exact) mass is 419 g/mol. The van der Waals surface area contributed by atoms with Crippen molar-refractivity contribution in [2.75, 3.05) is 20.2 Å². The Morgan fingerprint density at radius 1 is 1.13 bits per heavy atom. The van der Waals surface area contributed by atoms with Crippen molar-refractivity contribution in [3.8, 4) is 0 Å². The Balaban J connectivity index is 1.35. The van der Waals surface area contributed by atoms with E-state index in [0.29, 0.717) is 19.5 Å². The third-order valence-electron chi connectivity index (χ3n) is 7.68. The molecule has 6 atom stereocenters. The van der Waals surface area contributed by atoms with Gasteiger partial charge in [-0.1, -0.05) is 12.8 Å². The van der Waals surface area contributed by atoms with E-state index in [4.69, 9.17) is 4.74 Å². The molecule has 0 spiro atoms. The van der Waals surface area contributed by atoms with Crippen LogP contribution in [0.15, 0.2) is 0 Å². The molecule has 0 aromatic carbocycles. The molecule has 8 heteroatoms. The van der Waals surface area contributed by atoms with Gasteiger partial charge in [0.25, 0.3) is 0 Å². The molecular weight excluding hydrogens is 386 g/mol. The molecule has 6 unspecified atom stereocenters. The smallest absolute Gasteiger partial charge is 0.249 e. The Morgan fingerprint density at radius 2 is 1.93 bits per heavy atom. The molecule has 0 aromatic rings. The normalized spacial score (nSPS) is 37.0. The fraction of sp³-hybridized carbons (Fsp3) is 0.818. The number of ether oxygens (including phenoxy) is 1. The Labute approximate surface area is 177 Å². The Morgan fingerprint density at radius 3 is 2.70 bits per heavy atom. The van der Waals surface area contributed by atoms with Crippen molar-refractivity contribution in [3.63, 3.8) is 0 Å². The molecular formula is C22H33N3O5. The van der Waals surface area contributed by atoms with Gasteiger partial charge in [0, 0.05) is 38.5 Å². The quantitative estimate of drug-likeness (QED) is 0.647. The highest BCUT2D eigenvalue weighted by atomic mass is 16.5. The number of methoxy groups -OCH3 is 1. The van der Waals surface area contributed by atoms with Gasteiger partial charge in [-0.25, -0.2) is 0 Å². The largest absolute Gasteiger partial charge is 0.381 e. The van der Waals surface area contributed by atoms with E-state index >= 15 is 0 Å². The number of carbonyl (C=O) groups is 4. The fourth-order valence-corrected chi connectivity index (χ4v) is 5.96. The first kappa shape index (κ1) is 21.3. The predicted molar refractivity (Wildman–Crippen MR) is 108 cm³/mol. The molecule has 2 saturated carbocycles. The van der Waals surface area contributed by atoms with Crippen LogP contribution in [-0.4, -0.2) is 60.9 Å². The number of fused-ring (bicyclic) bond motifs is 1. The van der Waals surface area contributed by atoms with Crippen molar-refractivity contribution in [1.29, 1.82) is 0 Å². The summed E-state index contributed by atoms with van der Waals surface area (Å²) < 4.78 is 5.44. The van der Waals surface area contributed by atoms with Gasteiger partial charge in [0.05, 0.1) is 6.10 Å². The van der Waals surface area contributed by atoms with Crippen molar-refractivity contribution in [2.24, 2.45) is 23.7 Å². The molecule has 4 amide bonds. The van der Waals surface area contributed by atoms with Gasteiger partial charge in [-0.05, 0) is 50.4 Å². The third kappa shape index (κ3) is 4.24. The van der Waals surface area contributed by atoms with E-state index in [1.807, 2.05) is 0 Å². The number of hydrogen-bond donors (Lipinski definition) is 2. The second-order valence-electron chi connectivity index (χ2n) is 9.39. The lowest BCUT2D eigenvalue weighted by Crippen LogP contribution is -2.53. The molecule has 2 saturated heterocycles. The Kier molecular flexibility index (Phi) is 6.41. The zero-order valence-electron chi connectivity index (χ0n) is 17.7. The van der Waals surface area contributed by atoms with Crippen LogP contribution in [0.5, 0.6) is 0 Å². The van der Waals surface area contributed by atoms with Crippen LogP contribution < -0.4 is 10.6 Å². The van der Waals surface area contributed by atoms with Gasteiger partial charge in [-0.3, -0.25) is 24.5 Å². The van der Waals surface area contributed by atoms with Crippen LogP contribution in [0.3, 0.4) is 0 Å². The third-order valence-corrected chi connectivity index (χ3v) is 7.68. The van der Waals surface area contributed by atoms with Crippen LogP contribution in [-0.2, 0) is 23.9 Å². The van der Waals surface area contributed by atoms with E-state index in [0.717, 1.165) is 44.9 Å². The van der Waals surface area contributed by atoms with Crippen LogP contribution >= 0.6 is 0 Å². The van der Waals surface area contributed by atoms with Gasteiger partial charge in [0.1, 0.15) is 6.04 Å². The fourth-order valence-electron chi connectivity index (χ4n) is 5.96. The lowest BCUT2D eigenvalue weighted by atomic mass is 9.73. The van der Waals surface area contributed by atoms with Crippen LogP contribution in [0.25, 0.3) is 0 Å². The number of amides is 4. The molecule has 2 aliphatic carbocycles. The number of hydrogen-bond acceptors (Lipinski definition) is 5. The van der Waals surface area contributed by atoms with E-state index in [2.05, 4.69) is 10.6 Å². The number of nitrogens with one attached hydrogen (secondary N) is 2. The van der Waals surface area contributed by atoms with Crippen LogP contribution in [0.4, 0.5) is 0 Å². The zero-order valence-corrected chi connectivity index (χ0v) is 17.7. The second-order valence-corrected chi connectivity index (χ2v) is 9.39. The average molecular weight is 420 g/mol. The van der Waals surface area contributed by atoms with Gasteiger partial charge >= 0.3 is 0 Å². The van der Waals surface area contributed by atoms with E-state index in [1.54, 1.807) is 12.0 Å². The van der Waals surface area contributed by atoms with Gasteiger partial charge < -0.3 is 15.0 Å². The van der Waals surface area contributed by atoms with Crippen molar-refractivity contribution in [2.45, 2.75) is 69.9 Å². The maximum Gasteiger partial charge on any atom is 0.249 e. The highest BCUT2D eigenvalue weighted by Crippen LogP contribution is 2.42. The lowest BCUT2D eigenvalue weighted by Gasteiger charge is -2.33. The summed E-state index contributed by atoms with van der Waals surface area (Å²) in [4.78, 5) is 51.2. The minimum Gasteiger partial charge on any atom is -0.381 e. The summed E-state index contributed by atoms with van der Waals surface area (Å²) in [6.45, 7) is 1.14. The van der Waals surface area contributed by atoms with Gasteiger partial charge in [0.2, 0.25) is 23.6 Å². The summed E-state index contributed by atoms with van der Waals surface area (Å²) >= 11 is 0. The second kappa shape index (κ2) is 9.04. The summed E-state index contributed by atoms with van der Waals surface area (Å²) in [5.41, 5.74) is 0. The molecule has 2 heterocycles. The number of imide groups is 1. The average Bonchev–Trinajstić information content (AvgIpc) is 3.09. The number of piperidine rings is 1. The molecule has 8 nitrogen and oxygen atoms in total. The number of nitrogens with zero attached hydrogens (tertiary/aromatic N) is 1. The summed E-state index contributed by atoms with van der Waals surface area (Å²) in [6, 6.07) is -0.538. The van der Waals surface area contributed by atoms with E-state index < -0.39 is 6.04 Å². The first-order valence-corrected chi connectivity index (χ1v) is 11.4. The van der Waals surface area contributed by atoms with Crippen molar-refractivity contribution in [3.05, 3.63) is 0 Å². The first-order chi connectivity index (χ1) is 14.5. The minimum absolute atomic E-state index is 0.00766.